The molecule has 1 saturated heterocycles. The van der Waals surface area contributed by atoms with Gasteiger partial charge >= 0.3 is 0 Å². The zero-order valence-corrected chi connectivity index (χ0v) is 8.96. The number of rotatable bonds is 4. The van der Waals surface area contributed by atoms with Crippen molar-refractivity contribution in [2.24, 2.45) is 0 Å². The zero-order chi connectivity index (χ0) is 11.5. The molecule has 0 radical (unpaired) electrons. The summed E-state index contributed by atoms with van der Waals surface area (Å²) in [6.45, 7) is 0.159. The Morgan fingerprint density at radius 2 is 1.62 bits per heavy atom. The Morgan fingerprint density at radius 1 is 1.06 bits per heavy atom. The molecule has 16 heavy (non-hydrogen) atoms. The van der Waals surface area contributed by atoms with E-state index in [2.05, 4.69) is 0 Å². The number of halogens is 1. The van der Waals surface area contributed by atoms with Crippen LogP contribution in [0.4, 0.5) is 4.39 Å². The predicted molar refractivity (Wildman–Crippen MR) is 58.6 cm³/mol. The number of likely N-dealkylation sites (tertiary alicyclic amines) is 1. The Bertz CT molecular complexity index is 321. The monoisotopic (exact) mass is 225 g/mol. The molecule has 0 bridgehead atoms. The molecular formula is C12H16FNO2. The van der Waals surface area contributed by atoms with Gasteiger partial charge in [-0.05, 0) is 5.56 Å². The van der Waals surface area contributed by atoms with Crippen LogP contribution in [-0.2, 0) is 6.54 Å². The molecule has 1 unspecified atom stereocenters. The quantitative estimate of drug-likeness (QED) is 0.787. The maximum absolute atomic E-state index is 13.4. The van der Waals surface area contributed by atoms with E-state index in [9.17, 15) is 4.39 Å². The average molecular weight is 225 g/mol. The van der Waals surface area contributed by atoms with Crippen molar-refractivity contribution < 1.29 is 14.6 Å². The molecule has 4 heteroatoms. The highest BCUT2D eigenvalue weighted by molar-refractivity contribution is 5.16. The average Bonchev–Trinajstić information content (AvgIpc) is 2.31. The van der Waals surface area contributed by atoms with E-state index in [0.29, 0.717) is 6.54 Å². The minimum Gasteiger partial charge on any atom is -0.395 e. The second-order valence-electron chi connectivity index (χ2n) is 4.10. The van der Waals surface area contributed by atoms with Gasteiger partial charge in [-0.15, -0.1) is 0 Å². The summed E-state index contributed by atoms with van der Waals surface area (Å²) in [5.41, 5.74) is 1.06. The van der Waals surface area contributed by atoms with Crippen LogP contribution < -0.4 is 0 Å². The molecule has 3 atom stereocenters. The largest absolute Gasteiger partial charge is 0.395 e. The van der Waals surface area contributed by atoms with Gasteiger partial charge in [0.1, 0.15) is 6.17 Å². The third kappa shape index (κ3) is 1.96. The fraction of sp³-hybridized carbons (Fsp3) is 0.500. The first-order valence-corrected chi connectivity index (χ1v) is 5.43. The van der Waals surface area contributed by atoms with Gasteiger partial charge in [-0.3, -0.25) is 4.90 Å². The second-order valence-corrected chi connectivity index (χ2v) is 4.10. The standard InChI is InChI=1S/C12H16FNO2/c13-12-10(7-15)14(11(12)8-16)6-9-4-2-1-3-5-9/h1-5,10-12,15-16H,6-8H2/t10-,11+,12?. The number of alkyl halides is 1. The molecule has 0 spiro atoms. The number of benzene rings is 1. The Labute approximate surface area is 94.1 Å². The van der Waals surface area contributed by atoms with Crippen molar-refractivity contribution >= 4 is 0 Å². The van der Waals surface area contributed by atoms with Crippen LogP contribution in [0.5, 0.6) is 0 Å². The van der Waals surface area contributed by atoms with Gasteiger partial charge in [0.2, 0.25) is 0 Å². The second kappa shape index (κ2) is 4.91. The molecule has 3 nitrogen and oxygen atoms in total. The van der Waals surface area contributed by atoms with Crippen LogP contribution in [0.1, 0.15) is 5.56 Å². The lowest BCUT2D eigenvalue weighted by atomic mass is 9.90. The lowest BCUT2D eigenvalue weighted by molar-refractivity contribution is -0.117. The minimum absolute atomic E-state index is 0.204. The third-order valence-electron chi connectivity index (χ3n) is 3.17. The topological polar surface area (TPSA) is 43.7 Å². The van der Waals surface area contributed by atoms with Gasteiger partial charge in [0.15, 0.2) is 0 Å². The van der Waals surface area contributed by atoms with Gasteiger partial charge in [0, 0.05) is 6.54 Å². The molecule has 1 aliphatic rings. The van der Waals surface area contributed by atoms with Crippen molar-refractivity contribution in [2.45, 2.75) is 24.8 Å². The molecule has 1 aromatic rings. The normalized spacial score (nSPS) is 30.1. The van der Waals surface area contributed by atoms with E-state index in [1.807, 2.05) is 30.3 Å². The molecule has 88 valence electrons. The van der Waals surface area contributed by atoms with Gasteiger partial charge < -0.3 is 10.2 Å². The van der Waals surface area contributed by atoms with Crippen molar-refractivity contribution in [1.29, 1.82) is 0 Å². The van der Waals surface area contributed by atoms with Crippen molar-refractivity contribution in [3.63, 3.8) is 0 Å². The van der Waals surface area contributed by atoms with E-state index in [1.165, 1.54) is 0 Å². The molecule has 0 saturated carbocycles. The van der Waals surface area contributed by atoms with Crippen LogP contribution in [0.3, 0.4) is 0 Å². The van der Waals surface area contributed by atoms with Crippen LogP contribution in [0.15, 0.2) is 30.3 Å². The van der Waals surface area contributed by atoms with Crippen LogP contribution in [0.2, 0.25) is 0 Å². The van der Waals surface area contributed by atoms with Crippen LogP contribution in [0, 0.1) is 0 Å². The molecular weight excluding hydrogens is 209 g/mol. The summed E-state index contributed by atoms with van der Waals surface area (Å²) in [5, 5.41) is 18.1. The van der Waals surface area contributed by atoms with Gasteiger partial charge in [-0.1, -0.05) is 30.3 Å². The third-order valence-corrected chi connectivity index (χ3v) is 3.17. The van der Waals surface area contributed by atoms with Gasteiger partial charge in [0.25, 0.3) is 0 Å². The maximum atomic E-state index is 13.4. The maximum Gasteiger partial charge on any atom is 0.135 e. The van der Waals surface area contributed by atoms with Crippen molar-refractivity contribution in [1.82, 2.24) is 4.90 Å². The Kier molecular flexibility index (Phi) is 3.53. The number of hydrogen-bond acceptors (Lipinski definition) is 3. The highest BCUT2D eigenvalue weighted by atomic mass is 19.1. The fourth-order valence-corrected chi connectivity index (χ4v) is 2.21. The summed E-state index contributed by atoms with van der Waals surface area (Å²) in [4.78, 5) is 1.81. The van der Waals surface area contributed by atoms with Gasteiger partial charge in [-0.25, -0.2) is 4.39 Å². The number of aliphatic hydroxyl groups is 2. The number of nitrogens with zero attached hydrogens (tertiary/aromatic N) is 1. The van der Waals surface area contributed by atoms with Crippen LogP contribution in [0.25, 0.3) is 0 Å². The summed E-state index contributed by atoms with van der Waals surface area (Å²) in [6, 6.07) is 8.72. The molecule has 1 fully saturated rings. The molecule has 2 rings (SSSR count). The highest BCUT2D eigenvalue weighted by Gasteiger charge is 2.47. The van der Waals surface area contributed by atoms with Gasteiger partial charge in [0.05, 0.1) is 25.3 Å². The summed E-state index contributed by atoms with van der Waals surface area (Å²) in [7, 11) is 0. The Hall–Kier alpha value is -0.970. The SMILES string of the molecule is OC[C@@H]1C(F)[C@H](CO)N1Cc1ccccc1. The van der Waals surface area contributed by atoms with E-state index in [-0.39, 0.29) is 13.2 Å². The van der Waals surface area contributed by atoms with Crippen LogP contribution >= 0.6 is 0 Å². The lowest BCUT2D eigenvalue weighted by Crippen LogP contribution is -2.67. The molecule has 1 aromatic carbocycles. The first-order chi connectivity index (χ1) is 7.77. The summed E-state index contributed by atoms with van der Waals surface area (Å²) in [5.74, 6) is 0. The number of hydrogen-bond donors (Lipinski definition) is 2. The predicted octanol–water partition coefficient (Wildman–Crippen LogP) is 0.562. The van der Waals surface area contributed by atoms with E-state index >= 15 is 0 Å². The van der Waals surface area contributed by atoms with Gasteiger partial charge in [-0.2, -0.15) is 0 Å². The zero-order valence-electron chi connectivity index (χ0n) is 8.96. The summed E-state index contributed by atoms with van der Waals surface area (Å²) >= 11 is 0. The van der Waals surface area contributed by atoms with E-state index in [0.717, 1.165) is 5.56 Å². The van der Waals surface area contributed by atoms with E-state index in [1.54, 1.807) is 4.90 Å². The van der Waals surface area contributed by atoms with E-state index < -0.39 is 18.3 Å². The Morgan fingerprint density at radius 3 is 2.12 bits per heavy atom. The minimum atomic E-state index is -1.13. The molecule has 0 aliphatic carbocycles. The molecule has 1 heterocycles. The van der Waals surface area contributed by atoms with Crippen LogP contribution in [-0.4, -0.2) is 46.6 Å². The summed E-state index contributed by atoms with van der Waals surface area (Å²) < 4.78 is 13.4. The molecule has 1 aliphatic heterocycles. The summed E-state index contributed by atoms with van der Waals surface area (Å²) in [6.07, 6.45) is -1.13. The molecule has 2 N–H and O–H groups in total. The molecule has 0 amide bonds. The van der Waals surface area contributed by atoms with Crippen molar-refractivity contribution in [3.8, 4) is 0 Å². The first-order valence-electron chi connectivity index (χ1n) is 5.43. The van der Waals surface area contributed by atoms with Crippen molar-refractivity contribution in [2.75, 3.05) is 13.2 Å². The molecule has 0 aromatic heterocycles. The highest BCUT2D eigenvalue weighted by Crippen LogP contribution is 2.30. The Balaban J connectivity index is 2.03. The smallest absolute Gasteiger partial charge is 0.135 e. The fourth-order valence-electron chi connectivity index (χ4n) is 2.21. The first kappa shape index (κ1) is 11.5. The van der Waals surface area contributed by atoms with E-state index in [4.69, 9.17) is 10.2 Å². The number of aliphatic hydroxyl groups excluding tert-OH is 2. The lowest BCUT2D eigenvalue weighted by Gasteiger charge is -2.50. The van der Waals surface area contributed by atoms with Crippen molar-refractivity contribution in [3.05, 3.63) is 35.9 Å².